The van der Waals surface area contributed by atoms with Crippen LogP contribution in [0.3, 0.4) is 0 Å². The molecule has 0 bridgehead atoms. The fourth-order valence-electron chi connectivity index (χ4n) is 3.05. The van der Waals surface area contributed by atoms with Crippen molar-refractivity contribution in [3.05, 3.63) is 33.8 Å². The summed E-state index contributed by atoms with van der Waals surface area (Å²) < 4.78 is 33.0. The third-order valence-electron chi connectivity index (χ3n) is 4.02. The molecule has 2 aromatic rings. The number of sulfonamides is 1. The summed E-state index contributed by atoms with van der Waals surface area (Å²) >= 11 is 1.73. The summed E-state index contributed by atoms with van der Waals surface area (Å²) in [7, 11) is -3.59. The van der Waals surface area contributed by atoms with Crippen LogP contribution in [-0.2, 0) is 16.6 Å². The molecule has 2 aromatic heterocycles. The molecule has 126 valence electrons. The Bertz CT molecular complexity index is 734. The van der Waals surface area contributed by atoms with Crippen LogP contribution in [0.5, 0.6) is 0 Å². The topological polar surface area (TPSA) is 75.4 Å². The number of aromatic nitrogens is 1. The lowest BCUT2D eigenvalue weighted by molar-refractivity contribution is 0.196. The summed E-state index contributed by atoms with van der Waals surface area (Å²) in [5.74, 6) is 0.334. The Morgan fingerprint density at radius 3 is 2.96 bits per heavy atom. The number of rotatable bonds is 5. The number of hydrogen-bond donors (Lipinski definition) is 1. The van der Waals surface area contributed by atoms with Gasteiger partial charge in [0.1, 0.15) is 10.6 Å². The minimum Gasteiger partial charge on any atom is -0.360 e. The zero-order valence-corrected chi connectivity index (χ0v) is 14.9. The standard InChI is InChI=1S/C15H21N3O3S2/c1-11-15(12(2)21-16-11)23(19,20)17-13-5-3-7-18(9-13)10-14-6-4-8-22-14/h4,6,8,13,17H,3,5,7,9-10H2,1-2H3. The van der Waals surface area contributed by atoms with E-state index in [-0.39, 0.29) is 10.9 Å². The van der Waals surface area contributed by atoms with Gasteiger partial charge in [0.15, 0.2) is 5.76 Å². The van der Waals surface area contributed by atoms with Crippen molar-refractivity contribution in [1.82, 2.24) is 14.8 Å². The molecule has 1 atom stereocenters. The van der Waals surface area contributed by atoms with Crippen molar-refractivity contribution in [3.63, 3.8) is 0 Å². The van der Waals surface area contributed by atoms with Crippen molar-refractivity contribution in [2.75, 3.05) is 13.1 Å². The summed E-state index contributed by atoms with van der Waals surface area (Å²) in [6, 6.07) is 4.08. The second-order valence-corrected chi connectivity index (χ2v) is 8.61. The van der Waals surface area contributed by atoms with E-state index in [9.17, 15) is 8.42 Å². The fraction of sp³-hybridized carbons (Fsp3) is 0.533. The predicted molar refractivity (Wildman–Crippen MR) is 88.9 cm³/mol. The Morgan fingerprint density at radius 2 is 2.30 bits per heavy atom. The number of likely N-dealkylation sites (tertiary alicyclic amines) is 1. The van der Waals surface area contributed by atoms with Crippen LogP contribution in [-0.4, -0.2) is 37.6 Å². The molecule has 1 aliphatic heterocycles. The lowest BCUT2D eigenvalue weighted by Gasteiger charge is -2.32. The van der Waals surface area contributed by atoms with E-state index < -0.39 is 10.0 Å². The van der Waals surface area contributed by atoms with E-state index >= 15 is 0 Å². The third kappa shape index (κ3) is 3.82. The first kappa shape index (κ1) is 16.6. The fourth-order valence-corrected chi connectivity index (χ4v) is 5.39. The van der Waals surface area contributed by atoms with Crippen molar-refractivity contribution >= 4 is 21.4 Å². The number of nitrogens with one attached hydrogen (secondary N) is 1. The lowest BCUT2D eigenvalue weighted by Crippen LogP contribution is -2.47. The van der Waals surface area contributed by atoms with Crippen LogP contribution < -0.4 is 4.72 Å². The van der Waals surface area contributed by atoms with Crippen LogP contribution >= 0.6 is 11.3 Å². The van der Waals surface area contributed by atoms with Crippen LogP contribution in [0.1, 0.15) is 29.2 Å². The van der Waals surface area contributed by atoms with Crippen molar-refractivity contribution in [1.29, 1.82) is 0 Å². The number of nitrogens with zero attached hydrogens (tertiary/aromatic N) is 2. The minimum absolute atomic E-state index is 0.0811. The van der Waals surface area contributed by atoms with Gasteiger partial charge in [0, 0.05) is 24.0 Å². The van der Waals surface area contributed by atoms with Gasteiger partial charge in [0.2, 0.25) is 10.0 Å². The van der Waals surface area contributed by atoms with Gasteiger partial charge in [-0.25, -0.2) is 13.1 Å². The molecule has 0 spiro atoms. The van der Waals surface area contributed by atoms with Gasteiger partial charge in [-0.2, -0.15) is 0 Å². The number of piperidine rings is 1. The molecule has 0 amide bonds. The zero-order chi connectivity index (χ0) is 16.4. The third-order valence-corrected chi connectivity index (χ3v) is 6.65. The molecule has 0 radical (unpaired) electrons. The average molecular weight is 355 g/mol. The van der Waals surface area contributed by atoms with Gasteiger partial charge in [-0.15, -0.1) is 11.3 Å². The van der Waals surface area contributed by atoms with Crippen LogP contribution in [0.15, 0.2) is 26.9 Å². The summed E-state index contributed by atoms with van der Waals surface area (Å²) in [5, 5.41) is 5.80. The minimum atomic E-state index is -3.59. The normalized spacial score (nSPS) is 20.0. The first-order valence-corrected chi connectivity index (χ1v) is 10.0. The van der Waals surface area contributed by atoms with E-state index in [1.54, 1.807) is 25.2 Å². The Morgan fingerprint density at radius 1 is 1.48 bits per heavy atom. The molecule has 1 N–H and O–H groups in total. The Balaban J connectivity index is 1.67. The van der Waals surface area contributed by atoms with E-state index in [0.29, 0.717) is 11.5 Å². The van der Waals surface area contributed by atoms with E-state index in [2.05, 4.69) is 26.2 Å². The summed E-state index contributed by atoms with van der Waals surface area (Å²) in [4.78, 5) is 3.78. The molecule has 1 aliphatic rings. The van der Waals surface area contributed by atoms with Crippen LogP contribution in [0.25, 0.3) is 0 Å². The SMILES string of the molecule is Cc1noc(C)c1S(=O)(=O)NC1CCCN(Cc2cccs2)C1. The van der Waals surface area contributed by atoms with Gasteiger partial charge in [0.05, 0.1) is 0 Å². The molecule has 1 saturated heterocycles. The van der Waals surface area contributed by atoms with Gasteiger partial charge in [-0.1, -0.05) is 11.2 Å². The highest BCUT2D eigenvalue weighted by molar-refractivity contribution is 7.89. The summed E-state index contributed by atoms with van der Waals surface area (Å²) in [5.41, 5.74) is 0.404. The predicted octanol–water partition coefficient (Wildman–Crippen LogP) is 2.30. The quantitative estimate of drug-likeness (QED) is 0.891. The van der Waals surface area contributed by atoms with Crippen molar-refractivity contribution < 1.29 is 12.9 Å². The lowest BCUT2D eigenvalue weighted by atomic mass is 10.1. The average Bonchev–Trinajstić information content (AvgIpc) is 3.09. The maximum atomic E-state index is 12.6. The molecular formula is C15H21N3O3S2. The second kappa shape index (κ2) is 6.72. The highest BCUT2D eigenvalue weighted by Gasteiger charge is 2.29. The maximum Gasteiger partial charge on any atom is 0.246 e. The molecule has 0 saturated carbocycles. The number of hydrogen-bond acceptors (Lipinski definition) is 6. The highest BCUT2D eigenvalue weighted by atomic mass is 32.2. The molecule has 6 nitrogen and oxygen atoms in total. The smallest absolute Gasteiger partial charge is 0.246 e. The summed E-state index contributed by atoms with van der Waals surface area (Å²) in [6.07, 6.45) is 1.84. The monoisotopic (exact) mass is 355 g/mol. The maximum absolute atomic E-state index is 12.6. The van der Waals surface area contributed by atoms with Crippen LogP contribution in [0.4, 0.5) is 0 Å². The van der Waals surface area contributed by atoms with Crippen molar-refractivity contribution in [2.45, 2.75) is 44.2 Å². The van der Waals surface area contributed by atoms with Gasteiger partial charge in [0.25, 0.3) is 0 Å². The Hall–Kier alpha value is -1.22. The summed E-state index contributed by atoms with van der Waals surface area (Å²) in [6.45, 7) is 5.87. The van der Waals surface area contributed by atoms with E-state index in [0.717, 1.165) is 32.5 Å². The molecule has 8 heteroatoms. The van der Waals surface area contributed by atoms with E-state index in [1.807, 2.05) is 6.07 Å². The molecule has 1 fully saturated rings. The molecule has 0 aromatic carbocycles. The largest absolute Gasteiger partial charge is 0.360 e. The molecular weight excluding hydrogens is 334 g/mol. The first-order valence-electron chi connectivity index (χ1n) is 7.65. The second-order valence-electron chi connectivity index (χ2n) is 5.93. The zero-order valence-electron chi connectivity index (χ0n) is 13.3. The molecule has 3 rings (SSSR count). The van der Waals surface area contributed by atoms with Crippen molar-refractivity contribution in [3.8, 4) is 0 Å². The molecule has 3 heterocycles. The molecule has 23 heavy (non-hydrogen) atoms. The van der Waals surface area contributed by atoms with Crippen LogP contribution in [0.2, 0.25) is 0 Å². The number of thiophene rings is 1. The Labute approximate surface area is 140 Å². The van der Waals surface area contributed by atoms with E-state index in [1.165, 1.54) is 4.88 Å². The Kier molecular flexibility index (Phi) is 4.86. The molecule has 1 unspecified atom stereocenters. The van der Waals surface area contributed by atoms with E-state index in [4.69, 9.17) is 4.52 Å². The van der Waals surface area contributed by atoms with Crippen molar-refractivity contribution in [2.24, 2.45) is 0 Å². The van der Waals surface area contributed by atoms with Gasteiger partial charge in [-0.05, 0) is 44.7 Å². The van der Waals surface area contributed by atoms with Gasteiger partial charge in [-0.3, -0.25) is 4.90 Å². The van der Waals surface area contributed by atoms with Gasteiger partial charge >= 0.3 is 0 Å². The van der Waals surface area contributed by atoms with Crippen LogP contribution in [0, 0.1) is 13.8 Å². The number of aryl methyl sites for hydroxylation is 2. The first-order chi connectivity index (χ1) is 11.0. The molecule has 0 aliphatic carbocycles. The highest BCUT2D eigenvalue weighted by Crippen LogP contribution is 2.21. The van der Waals surface area contributed by atoms with Gasteiger partial charge < -0.3 is 4.52 Å².